The van der Waals surface area contributed by atoms with Crippen LogP contribution in [0.2, 0.25) is 0 Å². The molecule has 17 heavy (non-hydrogen) atoms. The Morgan fingerprint density at radius 1 is 1.24 bits per heavy atom. The molecule has 0 fully saturated rings. The highest BCUT2D eigenvalue weighted by Gasteiger charge is 2.22. The molecule has 0 saturated carbocycles. The van der Waals surface area contributed by atoms with Gasteiger partial charge in [-0.15, -0.1) is 0 Å². The number of rotatable bonds is 5. The van der Waals surface area contributed by atoms with Gasteiger partial charge in [0.05, 0.1) is 6.61 Å². The molecule has 3 heteroatoms. The van der Waals surface area contributed by atoms with Gasteiger partial charge in [-0.3, -0.25) is 0 Å². The second-order valence-electron chi connectivity index (χ2n) is 4.62. The molecule has 1 aromatic carbocycles. The molecule has 2 unspecified atom stereocenters. The van der Waals surface area contributed by atoms with Crippen molar-refractivity contribution in [2.45, 2.75) is 32.5 Å². The minimum absolute atomic E-state index is 0.321. The largest absolute Gasteiger partial charge is 0.494 e. The van der Waals surface area contributed by atoms with E-state index < -0.39 is 0 Å². The van der Waals surface area contributed by atoms with Crippen molar-refractivity contribution >= 4 is 31.9 Å². The van der Waals surface area contributed by atoms with Crippen LogP contribution in [0, 0.1) is 11.8 Å². The number of alkyl halides is 1. The maximum Gasteiger partial charge on any atom is 0.123 e. The van der Waals surface area contributed by atoms with Gasteiger partial charge in [-0.25, -0.2) is 0 Å². The first kappa shape index (κ1) is 15.0. The zero-order valence-corrected chi connectivity index (χ0v) is 14.0. The van der Waals surface area contributed by atoms with Gasteiger partial charge in [0.1, 0.15) is 5.75 Å². The first-order chi connectivity index (χ1) is 7.97. The summed E-state index contributed by atoms with van der Waals surface area (Å²) in [5.74, 6) is 2.17. The molecule has 0 aliphatic rings. The van der Waals surface area contributed by atoms with Gasteiger partial charge in [0.15, 0.2) is 0 Å². The zero-order chi connectivity index (χ0) is 13.0. The zero-order valence-electron chi connectivity index (χ0n) is 10.8. The lowest BCUT2D eigenvalue weighted by Crippen LogP contribution is -2.11. The van der Waals surface area contributed by atoms with Gasteiger partial charge < -0.3 is 4.74 Å². The van der Waals surface area contributed by atoms with Crippen molar-refractivity contribution in [1.82, 2.24) is 0 Å². The van der Waals surface area contributed by atoms with E-state index in [0.29, 0.717) is 23.3 Å². The highest BCUT2D eigenvalue weighted by atomic mass is 79.9. The highest BCUT2D eigenvalue weighted by molar-refractivity contribution is 9.10. The quantitative estimate of drug-likeness (QED) is 0.621. The van der Waals surface area contributed by atoms with E-state index in [0.717, 1.165) is 10.2 Å². The Labute approximate surface area is 121 Å². The molecule has 0 aromatic heterocycles. The smallest absolute Gasteiger partial charge is 0.123 e. The van der Waals surface area contributed by atoms with Crippen molar-refractivity contribution in [2.75, 3.05) is 6.61 Å². The van der Waals surface area contributed by atoms with Crippen LogP contribution in [0.5, 0.6) is 5.75 Å². The number of hydrogen-bond donors (Lipinski definition) is 0. The lowest BCUT2D eigenvalue weighted by molar-refractivity contribution is 0.330. The number of halogens is 2. The van der Waals surface area contributed by atoms with Crippen LogP contribution >= 0.6 is 31.9 Å². The molecular formula is C14H20Br2O. The maximum absolute atomic E-state index is 5.69. The molecular weight excluding hydrogens is 344 g/mol. The van der Waals surface area contributed by atoms with Gasteiger partial charge in [0, 0.05) is 14.9 Å². The van der Waals surface area contributed by atoms with Crippen molar-refractivity contribution in [1.29, 1.82) is 0 Å². The Bertz CT molecular complexity index is 363. The number of ether oxygens (including phenoxy) is 1. The molecule has 0 aliphatic carbocycles. The third-order valence-electron chi connectivity index (χ3n) is 3.08. The fraction of sp³-hybridized carbons (Fsp3) is 0.571. The van der Waals surface area contributed by atoms with Crippen LogP contribution in [0.4, 0.5) is 0 Å². The molecule has 1 nitrogen and oxygen atoms in total. The third-order valence-corrected chi connectivity index (χ3v) is 4.90. The summed E-state index contributed by atoms with van der Waals surface area (Å²) in [6, 6.07) is 6.20. The predicted molar refractivity (Wildman–Crippen MR) is 81.0 cm³/mol. The molecule has 0 spiro atoms. The van der Waals surface area contributed by atoms with Gasteiger partial charge in [-0.2, -0.15) is 0 Å². The molecule has 1 rings (SSSR count). The second-order valence-corrected chi connectivity index (χ2v) is 6.52. The van der Waals surface area contributed by atoms with E-state index in [1.54, 1.807) is 0 Å². The van der Waals surface area contributed by atoms with E-state index in [-0.39, 0.29) is 0 Å². The summed E-state index contributed by atoms with van der Waals surface area (Å²) in [6.07, 6.45) is 0. The lowest BCUT2D eigenvalue weighted by Gasteiger charge is -2.24. The minimum atomic E-state index is 0.321. The van der Waals surface area contributed by atoms with Crippen LogP contribution in [0.3, 0.4) is 0 Å². The summed E-state index contributed by atoms with van der Waals surface area (Å²) < 4.78 is 6.79. The molecule has 0 N–H and O–H groups in total. The maximum atomic E-state index is 5.69. The van der Waals surface area contributed by atoms with E-state index in [9.17, 15) is 0 Å². The lowest BCUT2D eigenvalue weighted by atomic mass is 9.90. The monoisotopic (exact) mass is 362 g/mol. The SMILES string of the molecule is CCOc1ccc(Br)cc1C(Br)C(C)C(C)C. The van der Waals surface area contributed by atoms with Crippen LogP contribution in [0.15, 0.2) is 22.7 Å². The Morgan fingerprint density at radius 3 is 2.41 bits per heavy atom. The fourth-order valence-corrected chi connectivity index (χ4v) is 2.99. The second kappa shape index (κ2) is 6.79. The Morgan fingerprint density at radius 2 is 1.88 bits per heavy atom. The summed E-state index contributed by atoms with van der Waals surface area (Å²) >= 11 is 7.33. The highest BCUT2D eigenvalue weighted by Crippen LogP contribution is 2.40. The molecule has 0 amide bonds. The van der Waals surface area contributed by atoms with Gasteiger partial charge >= 0.3 is 0 Å². The van der Waals surface area contributed by atoms with Crippen molar-refractivity contribution in [3.8, 4) is 5.75 Å². The van der Waals surface area contributed by atoms with E-state index in [4.69, 9.17) is 4.74 Å². The fourth-order valence-electron chi connectivity index (χ4n) is 1.64. The predicted octanol–water partition coefficient (Wildman–Crippen LogP) is 5.58. The molecule has 1 aromatic rings. The molecule has 0 bridgehead atoms. The molecule has 96 valence electrons. The van der Waals surface area contributed by atoms with Crippen LogP contribution < -0.4 is 4.74 Å². The van der Waals surface area contributed by atoms with E-state index in [1.165, 1.54) is 5.56 Å². The number of hydrogen-bond acceptors (Lipinski definition) is 1. The van der Waals surface area contributed by atoms with E-state index in [2.05, 4.69) is 58.7 Å². The standard InChI is InChI=1S/C14H20Br2O/c1-5-17-13-7-6-11(15)8-12(13)14(16)10(4)9(2)3/h6-10,14H,5H2,1-4H3. The number of benzene rings is 1. The first-order valence-electron chi connectivity index (χ1n) is 6.03. The Kier molecular flexibility index (Phi) is 6.01. The Balaban J connectivity index is 3.05. The van der Waals surface area contributed by atoms with Crippen LogP contribution in [0.25, 0.3) is 0 Å². The third kappa shape index (κ3) is 3.99. The molecule has 0 aliphatic heterocycles. The topological polar surface area (TPSA) is 9.23 Å². The van der Waals surface area contributed by atoms with Gasteiger partial charge in [0.2, 0.25) is 0 Å². The molecule has 2 atom stereocenters. The normalized spacial score (nSPS) is 14.8. The van der Waals surface area contributed by atoms with Crippen molar-refractivity contribution in [3.05, 3.63) is 28.2 Å². The van der Waals surface area contributed by atoms with Gasteiger partial charge in [-0.1, -0.05) is 52.6 Å². The summed E-state index contributed by atoms with van der Waals surface area (Å²) in [5, 5.41) is 0. The summed E-state index contributed by atoms with van der Waals surface area (Å²) in [6.45, 7) is 9.47. The Hall–Kier alpha value is -0.0200. The summed E-state index contributed by atoms with van der Waals surface area (Å²) in [7, 11) is 0. The average molecular weight is 364 g/mol. The average Bonchev–Trinajstić information content (AvgIpc) is 2.29. The van der Waals surface area contributed by atoms with Crippen molar-refractivity contribution in [3.63, 3.8) is 0 Å². The summed E-state index contributed by atoms with van der Waals surface area (Å²) in [4.78, 5) is 0.321. The summed E-state index contributed by atoms with van der Waals surface area (Å²) in [5.41, 5.74) is 1.22. The van der Waals surface area contributed by atoms with Gasteiger partial charge in [-0.05, 0) is 37.0 Å². The van der Waals surface area contributed by atoms with Crippen molar-refractivity contribution in [2.24, 2.45) is 11.8 Å². The molecule has 0 heterocycles. The first-order valence-corrected chi connectivity index (χ1v) is 7.74. The van der Waals surface area contributed by atoms with Gasteiger partial charge in [0.25, 0.3) is 0 Å². The molecule has 0 radical (unpaired) electrons. The minimum Gasteiger partial charge on any atom is -0.494 e. The van der Waals surface area contributed by atoms with Crippen molar-refractivity contribution < 1.29 is 4.74 Å². The van der Waals surface area contributed by atoms with Crippen LogP contribution in [0.1, 0.15) is 38.1 Å². The van der Waals surface area contributed by atoms with E-state index >= 15 is 0 Å². The molecule has 0 saturated heterocycles. The van der Waals surface area contributed by atoms with Crippen LogP contribution in [-0.2, 0) is 0 Å². The van der Waals surface area contributed by atoms with Crippen LogP contribution in [-0.4, -0.2) is 6.61 Å². The van der Waals surface area contributed by atoms with E-state index in [1.807, 2.05) is 19.1 Å².